The summed E-state index contributed by atoms with van der Waals surface area (Å²) in [6, 6.07) is 6.10. The van der Waals surface area contributed by atoms with E-state index in [9.17, 15) is 0 Å². The third kappa shape index (κ3) is 7.31. The molecule has 3 aliphatic heterocycles. The zero-order chi connectivity index (χ0) is 38.2. The summed E-state index contributed by atoms with van der Waals surface area (Å²) in [6.45, 7) is 0. The standard InChI is InChI=1S/C54H89N3S/c1-2-10-34(11-3-1)35-20-26-38(27-21-35)57(39-28-22-36(23-29-39)41-14-9-19-50-51(41)46-13-5-7-18-49(46)58-50)40-30-24-37(25-31-40)42-15-8-16-43-44-32-33-48-52(54(44)56-53(42)43)45-12-4-6-17-47(45)55-48/h34-56H,1-33H2. The van der Waals surface area contributed by atoms with Gasteiger partial charge >= 0.3 is 0 Å². The number of hydrogen-bond donors (Lipinski definition) is 2. The molecule has 0 aromatic carbocycles. The Balaban J connectivity index is 0.721. The van der Waals surface area contributed by atoms with Gasteiger partial charge in [-0.3, -0.25) is 4.90 Å². The zero-order valence-electron chi connectivity index (χ0n) is 37.3. The summed E-state index contributed by atoms with van der Waals surface area (Å²) >= 11 is 2.51. The normalized spacial score (nSPS) is 53.5. The topological polar surface area (TPSA) is 27.3 Å². The van der Waals surface area contributed by atoms with E-state index >= 15 is 0 Å². The Hall–Kier alpha value is 0.230. The molecule has 2 N–H and O–H groups in total. The first kappa shape index (κ1) is 39.8. The number of nitrogens with zero attached hydrogens (tertiary/aromatic N) is 1. The van der Waals surface area contributed by atoms with Gasteiger partial charge < -0.3 is 10.6 Å². The van der Waals surface area contributed by atoms with Crippen LogP contribution in [0.2, 0.25) is 0 Å². The van der Waals surface area contributed by atoms with Crippen LogP contribution in [-0.4, -0.2) is 57.7 Å². The monoisotopic (exact) mass is 812 g/mol. The SMILES string of the molecule is C1CCC(C2CCC(N(C3CCC(C4CCCC5C6CCC7NC8CCCCC8C7C6NC45)CC3)C3CCC(C4CCCC5SC6CCCCC6C54)CC3)CC2)CC1. The van der Waals surface area contributed by atoms with Crippen molar-refractivity contribution >= 4 is 11.8 Å². The molecule has 14 unspecified atom stereocenters. The first-order valence-corrected chi connectivity index (χ1v) is 28.6. The molecule has 9 aliphatic carbocycles. The minimum Gasteiger partial charge on any atom is -0.311 e. The predicted octanol–water partition coefficient (Wildman–Crippen LogP) is 12.9. The van der Waals surface area contributed by atoms with Gasteiger partial charge in [0.2, 0.25) is 0 Å². The van der Waals surface area contributed by atoms with Crippen molar-refractivity contribution in [2.24, 2.45) is 71.0 Å². The van der Waals surface area contributed by atoms with Crippen LogP contribution in [0.15, 0.2) is 0 Å². The summed E-state index contributed by atoms with van der Waals surface area (Å²) in [5.41, 5.74) is 0. The van der Waals surface area contributed by atoms with Crippen molar-refractivity contribution in [3.05, 3.63) is 0 Å². The van der Waals surface area contributed by atoms with Crippen LogP contribution in [0.1, 0.15) is 212 Å². The fourth-order valence-electron chi connectivity index (χ4n) is 20.1. The van der Waals surface area contributed by atoms with Crippen LogP contribution in [-0.2, 0) is 0 Å². The minimum atomic E-state index is 0.834. The van der Waals surface area contributed by atoms with Gasteiger partial charge in [0, 0.05) is 52.8 Å². The molecule has 12 fully saturated rings. The van der Waals surface area contributed by atoms with Crippen molar-refractivity contribution < 1.29 is 0 Å². The summed E-state index contributed by atoms with van der Waals surface area (Å²) in [6.07, 6.45) is 51.0. The Morgan fingerprint density at radius 1 is 0.293 bits per heavy atom. The zero-order valence-corrected chi connectivity index (χ0v) is 38.1. The van der Waals surface area contributed by atoms with Crippen molar-refractivity contribution in [3.8, 4) is 0 Å². The third-order valence-corrected chi connectivity index (χ3v) is 24.2. The van der Waals surface area contributed by atoms with E-state index in [1.807, 2.05) is 0 Å². The molecular weight excluding hydrogens is 723 g/mol. The van der Waals surface area contributed by atoms with E-state index in [1.54, 1.807) is 141 Å². The lowest BCUT2D eigenvalue weighted by Crippen LogP contribution is -2.54. The quantitative estimate of drug-likeness (QED) is 0.279. The van der Waals surface area contributed by atoms with E-state index < -0.39 is 0 Å². The summed E-state index contributed by atoms with van der Waals surface area (Å²) in [7, 11) is 0. The van der Waals surface area contributed by atoms with Crippen LogP contribution < -0.4 is 10.6 Å². The van der Waals surface area contributed by atoms with Crippen LogP contribution in [0.5, 0.6) is 0 Å². The maximum absolute atomic E-state index is 4.62. The molecule has 4 heteroatoms. The minimum absolute atomic E-state index is 0.834. The van der Waals surface area contributed by atoms with Crippen molar-refractivity contribution in [1.29, 1.82) is 0 Å². The summed E-state index contributed by atoms with van der Waals surface area (Å²) in [5, 5.41) is 11.0. The molecule has 0 amide bonds. The molecule has 3 saturated heterocycles. The van der Waals surface area contributed by atoms with E-state index in [0.717, 1.165) is 124 Å². The average Bonchev–Trinajstić information content (AvgIpc) is 3.99. The highest BCUT2D eigenvalue weighted by molar-refractivity contribution is 8.00. The van der Waals surface area contributed by atoms with Gasteiger partial charge in [-0.15, -0.1) is 0 Å². The predicted molar refractivity (Wildman–Crippen MR) is 244 cm³/mol. The number of thioether (sulfide) groups is 1. The molecule has 0 aromatic rings. The van der Waals surface area contributed by atoms with Crippen molar-refractivity contribution in [3.63, 3.8) is 0 Å². The summed E-state index contributed by atoms with van der Waals surface area (Å²) in [5.74, 6) is 12.4. The first-order chi connectivity index (χ1) is 28.7. The number of nitrogens with one attached hydrogen (secondary N) is 2. The van der Waals surface area contributed by atoms with E-state index in [0.29, 0.717) is 0 Å². The van der Waals surface area contributed by atoms with Crippen molar-refractivity contribution in [1.82, 2.24) is 15.5 Å². The highest BCUT2D eigenvalue weighted by atomic mass is 32.2. The fourth-order valence-corrected chi connectivity index (χ4v) is 22.3. The Bertz CT molecular complexity index is 1360. The first-order valence-electron chi connectivity index (χ1n) is 27.7. The van der Waals surface area contributed by atoms with Crippen LogP contribution in [0.25, 0.3) is 0 Å². The number of rotatable bonds is 6. The number of fused-ring (bicyclic) bond motifs is 10. The van der Waals surface area contributed by atoms with E-state index in [1.165, 1.54) is 70.6 Å². The second-order valence-corrected chi connectivity index (χ2v) is 26.0. The maximum Gasteiger partial charge on any atom is 0.0148 e. The highest BCUT2D eigenvalue weighted by Gasteiger charge is 2.59. The van der Waals surface area contributed by atoms with E-state index in [2.05, 4.69) is 27.3 Å². The molecule has 3 heterocycles. The van der Waals surface area contributed by atoms with Crippen LogP contribution in [0.4, 0.5) is 0 Å². The fraction of sp³-hybridized carbons (Fsp3) is 1.00. The van der Waals surface area contributed by atoms with Crippen LogP contribution >= 0.6 is 11.8 Å². The maximum atomic E-state index is 4.62. The molecular formula is C54H89N3S. The van der Waals surface area contributed by atoms with Crippen LogP contribution in [0.3, 0.4) is 0 Å². The van der Waals surface area contributed by atoms with Gasteiger partial charge in [-0.2, -0.15) is 11.8 Å². The average molecular weight is 812 g/mol. The molecule has 12 aliphatic rings. The van der Waals surface area contributed by atoms with Gasteiger partial charge in [0.05, 0.1) is 0 Å². The molecule has 0 aromatic heterocycles. The van der Waals surface area contributed by atoms with Gasteiger partial charge in [0.15, 0.2) is 0 Å². The molecule has 12 rings (SSSR count). The summed E-state index contributed by atoms with van der Waals surface area (Å²) < 4.78 is 0. The molecule has 3 nitrogen and oxygen atoms in total. The Kier molecular flexibility index (Phi) is 11.9. The Morgan fingerprint density at radius 2 is 0.828 bits per heavy atom. The second kappa shape index (κ2) is 17.3. The number of hydrogen-bond acceptors (Lipinski definition) is 4. The lowest BCUT2D eigenvalue weighted by atomic mass is 9.61. The van der Waals surface area contributed by atoms with Gasteiger partial charge in [0.1, 0.15) is 0 Å². The van der Waals surface area contributed by atoms with Gasteiger partial charge in [-0.05, 0) is 212 Å². The van der Waals surface area contributed by atoms with E-state index in [4.69, 9.17) is 0 Å². The van der Waals surface area contributed by atoms with Gasteiger partial charge in [-0.1, -0.05) is 70.6 Å². The summed E-state index contributed by atoms with van der Waals surface area (Å²) in [4.78, 5) is 3.38. The molecule has 326 valence electrons. The molecule has 9 saturated carbocycles. The third-order valence-electron chi connectivity index (χ3n) is 22.4. The van der Waals surface area contributed by atoms with Crippen molar-refractivity contribution in [2.75, 3.05) is 0 Å². The molecule has 14 atom stereocenters. The van der Waals surface area contributed by atoms with Gasteiger partial charge in [-0.25, -0.2) is 0 Å². The lowest BCUT2D eigenvalue weighted by molar-refractivity contribution is -0.0178. The Morgan fingerprint density at radius 3 is 1.59 bits per heavy atom. The molecule has 0 radical (unpaired) electrons. The van der Waals surface area contributed by atoms with Crippen molar-refractivity contribution in [2.45, 2.75) is 265 Å². The second-order valence-electron chi connectivity index (χ2n) is 24.5. The van der Waals surface area contributed by atoms with Crippen LogP contribution in [0, 0.1) is 71.0 Å². The molecule has 58 heavy (non-hydrogen) atoms. The Labute approximate surface area is 361 Å². The largest absolute Gasteiger partial charge is 0.311 e. The lowest BCUT2D eigenvalue weighted by Gasteiger charge is -2.52. The smallest absolute Gasteiger partial charge is 0.0148 e. The van der Waals surface area contributed by atoms with E-state index in [-0.39, 0.29) is 0 Å². The molecule has 0 bridgehead atoms. The molecule has 0 spiro atoms. The van der Waals surface area contributed by atoms with Gasteiger partial charge in [0.25, 0.3) is 0 Å². The highest BCUT2D eigenvalue weighted by Crippen LogP contribution is 2.60.